The van der Waals surface area contributed by atoms with E-state index in [0.29, 0.717) is 37.6 Å². The van der Waals surface area contributed by atoms with Gasteiger partial charge in [-0.1, -0.05) is 12.1 Å². The van der Waals surface area contributed by atoms with Gasteiger partial charge in [-0.3, -0.25) is 9.59 Å². The zero-order valence-electron chi connectivity index (χ0n) is 20.0. The van der Waals surface area contributed by atoms with Crippen molar-refractivity contribution in [2.45, 2.75) is 45.8 Å². The van der Waals surface area contributed by atoms with Gasteiger partial charge in [0, 0.05) is 36.6 Å². The number of hydrogen-bond acceptors (Lipinski definition) is 6. The van der Waals surface area contributed by atoms with Crippen LogP contribution >= 0.6 is 11.3 Å². The van der Waals surface area contributed by atoms with E-state index < -0.39 is 11.7 Å². The van der Waals surface area contributed by atoms with Gasteiger partial charge in [-0.15, -0.1) is 11.3 Å². The lowest BCUT2D eigenvalue weighted by Gasteiger charge is -2.32. The number of thiophene rings is 1. The third-order valence-electron chi connectivity index (χ3n) is 5.21. The Bertz CT molecular complexity index is 971. The van der Waals surface area contributed by atoms with E-state index in [9.17, 15) is 14.4 Å². The predicted molar refractivity (Wildman–Crippen MR) is 131 cm³/mol. The number of piperidine rings is 1. The van der Waals surface area contributed by atoms with Crippen molar-refractivity contribution in [1.29, 1.82) is 0 Å². The summed E-state index contributed by atoms with van der Waals surface area (Å²) in [6.45, 7) is 7.38. The fourth-order valence-electron chi connectivity index (χ4n) is 3.64. The quantitative estimate of drug-likeness (QED) is 0.552. The van der Waals surface area contributed by atoms with Crippen molar-refractivity contribution in [2.75, 3.05) is 26.2 Å². The number of nitrogens with zero attached hydrogens (tertiary/aromatic N) is 1. The summed E-state index contributed by atoms with van der Waals surface area (Å²) < 4.78 is 11.0. The molecule has 34 heavy (non-hydrogen) atoms. The highest BCUT2D eigenvalue weighted by Gasteiger charge is 2.29. The molecule has 1 aromatic heterocycles. The Morgan fingerprint density at radius 2 is 1.91 bits per heavy atom. The molecular weight excluding hydrogens is 454 g/mol. The van der Waals surface area contributed by atoms with E-state index in [1.54, 1.807) is 49.1 Å². The molecule has 1 aliphatic heterocycles. The van der Waals surface area contributed by atoms with E-state index >= 15 is 0 Å². The van der Waals surface area contributed by atoms with Crippen LogP contribution in [0.1, 0.15) is 48.8 Å². The fraction of sp³-hybridized carbons (Fsp3) is 0.480. The van der Waals surface area contributed by atoms with E-state index in [4.69, 9.17) is 9.47 Å². The first kappa shape index (κ1) is 25.6. The third kappa shape index (κ3) is 8.06. The number of likely N-dealkylation sites (tertiary alicyclic amines) is 1. The van der Waals surface area contributed by atoms with Gasteiger partial charge in [0.2, 0.25) is 5.91 Å². The van der Waals surface area contributed by atoms with Crippen LogP contribution in [0.5, 0.6) is 5.75 Å². The molecule has 0 radical (unpaired) electrons. The highest BCUT2D eigenvalue weighted by molar-refractivity contribution is 7.09. The number of carbonyl (C=O) groups excluding carboxylic acids is 3. The summed E-state index contributed by atoms with van der Waals surface area (Å²) in [6.07, 6.45) is 0.964. The zero-order valence-corrected chi connectivity index (χ0v) is 20.8. The van der Waals surface area contributed by atoms with Crippen LogP contribution in [0.25, 0.3) is 0 Å². The lowest BCUT2D eigenvalue weighted by molar-refractivity contribution is -0.126. The van der Waals surface area contributed by atoms with E-state index in [0.717, 1.165) is 17.7 Å². The monoisotopic (exact) mass is 487 g/mol. The first-order chi connectivity index (χ1) is 16.2. The average Bonchev–Trinajstić information content (AvgIpc) is 3.33. The van der Waals surface area contributed by atoms with Gasteiger partial charge < -0.3 is 25.0 Å². The summed E-state index contributed by atoms with van der Waals surface area (Å²) in [5.74, 6) is 0.141. The number of amides is 3. The molecule has 2 aromatic rings. The summed E-state index contributed by atoms with van der Waals surface area (Å²) >= 11 is 1.62. The van der Waals surface area contributed by atoms with Gasteiger partial charge in [0.1, 0.15) is 18.0 Å². The SMILES string of the molecule is CC(C)(C)OC(=O)NCCNC(=O)C1CCCN(C(=O)c2cccc(OCc3cccs3)c2)C1. The Labute approximate surface area is 204 Å². The van der Waals surface area contributed by atoms with Gasteiger partial charge in [-0.2, -0.15) is 0 Å². The number of rotatable bonds is 8. The van der Waals surface area contributed by atoms with Crippen molar-refractivity contribution in [1.82, 2.24) is 15.5 Å². The maximum Gasteiger partial charge on any atom is 0.407 e. The molecule has 0 spiro atoms. The van der Waals surface area contributed by atoms with Gasteiger partial charge in [0.15, 0.2) is 0 Å². The first-order valence-electron chi connectivity index (χ1n) is 11.5. The molecule has 9 heteroatoms. The molecule has 0 aliphatic carbocycles. The molecule has 8 nitrogen and oxygen atoms in total. The first-order valence-corrected chi connectivity index (χ1v) is 12.4. The molecule has 2 heterocycles. The summed E-state index contributed by atoms with van der Waals surface area (Å²) in [5.41, 5.74) is -0.0208. The van der Waals surface area contributed by atoms with Crippen LogP contribution in [0.2, 0.25) is 0 Å². The molecule has 3 rings (SSSR count). The molecule has 1 aliphatic rings. The number of carbonyl (C=O) groups is 3. The molecular formula is C25H33N3O5S. The Balaban J connectivity index is 1.46. The van der Waals surface area contributed by atoms with Crippen LogP contribution in [0, 0.1) is 5.92 Å². The minimum Gasteiger partial charge on any atom is -0.488 e. The number of nitrogens with one attached hydrogen (secondary N) is 2. The fourth-order valence-corrected chi connectivity index (χ4v) is 4.25. The lowest BCUT2D eigenvalue weighted by Crippen LogP contribution is -2.46. The molecule has 1 aromatic carbocycles. The third-order valence-corrected chi connectivity index (χ3v) is 6.06. The van der Waals surface area contributed by atoms with Crippen molar-refractivity contribution < 1.29 is 23.9 Å². The highest BCUT2D eigenvalue weighted by atomic mass is 32.1. The zero-order chi connectivity index (χ0) is 24.6. The van der Waals surface area contributed by atoms with E-state index in [-0.39, 0.29) is 24.3 Å². The van der Waals surface area contributed by atoms with E-state index in [1.165, 1.54) is 0 Å². The van der Waals surface area contributed by atoms with Crippen molar-refractivity contribution in [2.24, 2.45) is 5.92 Å². The lowest BCUT2D eigenvalue weighted by atomic mass is 9.96. The van der Waals surface area contributed by atoms with Crippen LogP contribution < -0.4 is 15.4 Å². The molecule has 0 bridgehead atoms. The molecule has 1 fully saturated rings. The minimum absolute atomic E-state index is 0.106. The largest absolute Gasteiger partial charge is 0.488 e. The van der Waals surface area contributed by atoms with Crippen LogP contribution in [0.15, 0.2) is 41.8 Å². The second-order valence-electron chi connectivity index (χ2n) is 9.21. The van der Waals surface area contributed by atoms with Gasteiger partial charge in [0.05, 0.1) is 5.92 Å². The number of benzene rings is 1. The summed E-state index contributed by atoms with van der Waals surface area (Å²) in [4.78, 5) is 40.2. The Morgan fingerprint density at radius 3 is 2.65 bits per heavy atom. The number of alkyl carbamates (subject to hydrolysis) is 1. The summed E-state index contributed by atoms with van der Waals surface area (Å²) in [5, 5.41) is 7.46. The van der Waals surface area contributed by atoms with Crippen LogP contribution in [0.3, 0.4) is 0 Å². The molecule has 3 amide bonds. The topological polar surface area (TPSA) is 97.0 Å². The standard InChI is InChI=1S/C25H33N3O5S/c1-25(2,3)33-24(31)27-12-11-26-22(29)19-8-5-13-28(16-19)23(30)18-7-4-9-20(15-18)32-17-21-10-6-14-34-21/h4,6-7,9-10,14-15,19H,5,8,11-13,16-17H2,1-3H3,(H,26,29)(H,27,31). The van der Waals surface area contributed by atoms with Gasteiger partial charge in [0.25, 0.3) is 5.91 Å². The van der Waals surface area contributed by atoms with E-state index in [1.807, 2.05) is 29.6 Å². The maximum atomic E-state index is 13.1. The second-order valence-corrected chi connectivity index (χ2v) is 10.2. The molecule has 1 unspecified atom stereocenters. The van der Waals surface area contributed by atoms with Gasteiger partial charge in [-0.25, -0.2) is 4.79 Å². The number of ether oxygens (including phenoxy) is 2. The van der Waals surface area contributed by atoms with Gasteiger partial charge >= 0.3 is 6.09 Å². The Hall–Kier alpha value is -3.07. The van der Waals surface area contributed by atoms with Crippen molar-refractivity contribution in [3.05, 3.63) is 52.2 Å². The van der Waals surface area contributed by atoms with Crippen LogP contribution in [0.4, 0.5) is 4.79 Å². The predicted octanol–water partition coefficient (Wildman–Crippen LogP) is 3.82. The maximum absolute atomic E-state index is 13.1. The normalized spacial score (nSPS) is 16.0. The second kappa shape index (κ2) is 11.9. The highest BCUT2D eigenvalue weighted by Crippen LogP contribution is 2.22. The molecule has 0 saturated carbocycles. The number of hydrogen-bond donors (Lipinski definition) is 2. The van der Waals surface area contributed by atoms with Crippen LogP contribution in [-0.4, -0.2) is 54.6 Å². The van der Waals surface area contributed by atoms with Gasteiger partial charge in [-0.05, 0) is 63.3 Å². The molecule has 1 atom stereocenters. The van der Waals surface area contributed by atoms with E-state index in [2.05, 4.69) is 10.6 Å². The molecule has 1 saturated heterocycles. The molecule has 184 valence electrons. The summed E-state index contributed by atoms with van der Waals surface area (Å²) in [6, 6.07) is 11.1. The minimum atomic E-state index is -0.568. The average molecular weight is 488 g/mol. The molecule has 2 N–H and O–H groups in total. The van der Waals surface area contributed by atoms with Crippen molar-refractivity contribution in [3.63, 3.8) is 0 Å². The smallest absolute Gasteiger partial charge is 0.407 e. The van der Waals surface area contributed by atoms with Crippen molar-refractivity contribution >= 4 is 29.2 Å². The van der Waals surface area contributed by atoms with Crippen molar-refractivity contribution in [3.8, 4) is 5.75 Å². The Kier molecular flexibility index (Phi) is 8.92. The Morgan fingerprint density at radius 1 is 1.12 bits per heavy atom. The summed E-state index contributed by atoms with van der Waals surface area (Å²) in [7, 11) is 0. The van der Waals surface area contributed by atoms with Crippen LogP contribution in [-0.2, 0) is 16.1 Å².